The summed E-state index contributed by atoms with van der Waals surface area (Å²) in [7, 11) is 0. The summed E-state index contributed by atoms with van der Waals surface area (Å²) in [6.45, 7) is 11.3. The summed E-state index contributed by atoms with van der Waals surface area (Å²) in [6, 6.07) is 2.38. The Balaban J connectivity index is 1.27. The van der Waals surface area contributed by atoms with Crippen molar-refractivity contribution in [3.8, 4) is 17.3 Å². The zero-order valence-electron chi connectivity index (χ0n) is 27.0. The molecule has 0 radical (unpaired) electrons. The number of carbonyl (C=O) groups excluding carboxylic acids is 1. The quantitative estimate of drug-likeness (QED) is 0.295. The lowest BCUT2D eigenvalue weighted by molar-refractivity contribution is 0.0636. The first kappa shape index (κ1) is 32.5. The number of halogens is 2. The zero-order valence-corrected chi connectivity index (χ0v) is 27.8. The number of hydrogen-bond acceptors (Lipinski definition) is 12. The van der Waals surface area contributed by atoms with Crippen LogP contribution in [0.2, 0.25) is 0 Å². The van der Waals surface area contributed by atoms with Gasteiger partial charge in [-0.05, 0) is 38.3 Å². The molecule has 1 aromatic carbocycles. The maximum atomic E-state index is 16.9. The van der Waals surface area contributed by atoms with Crippen LogP contribution in [-0.4, -0.2) is 100 Å². The summed E-state index contributed by atoms with van der Waals surface area (Å²) >= 11 is 0.861. The summed E-state index contributed by atoms with van der Waals surface area (Å²) in [4.78, 5) is 33.1. The minimum absolute atomic E-state index is 0.0429. The number of aliphatic hydroxyl groups excluding tert-OH is 1. The molecule has 0 aliphatic carbocycles. The van der Waals surface area contributed by atoms with Crippen LogP contribution in [0.1, 0.15) is 43.9 Å². The minimum Gasteiger partial charge on any atom is -0.444 e. The number of rotatable bonds is 6. The third-order valence-electron chi connectivity index (χ3n) is 9.11. The highest BCUT2D eigenvalue weighted by Crippen LogP contribution is 2.46. The van der Waals surface area contributed by atoms with Crippen molar-refractivity contribution in [3.63, 3.8) is 0 Å². The Hall–Kier alpha value is -4.07. The monoisotopic (exact) mass is 678 g/mol. The van der Waals surface area contributed by atoms with Gasteiger partial charge in [0.05, 0.1) is 42.0 Å². The summed E-state index contributed by atoms with van der Waals surface area (Å²) in [5.41, 5.74) is 0.664. The third kappa shape index (κ3) is 5.92. The van der Waals surface area contributed by atoms with Crippen molar-refractivity contribution >= 4 is 49.4 Å². The van der Waals surface area contributed by atoms with Gasteiger partial charge in [0, 0.05) is 74.4 Å². The van der Waals surface area contributed by atoms with E-state index in [1.807, 2.05) is 0 Å². The second-order valence-corrected chi connectivity index (χ2v) is 14.3. The maximum absolute atomic E-state index is 16.9. The molecule has 0 unspecified atom stereocenters. The molecule has 252 valence electrons. The van der Waals surface area contributed by atoms with Crippen LogP contribution in [0.15, 0.2) is 12.4 Å². The van der Waals surface area contributed by atoms with Gasteiger partial charge in [-0.15, -0.1) is 11.3 Å². The number of aromatic nitrogens is 3. The van der Waals surface area contributed by atoms with E-state index in [4.69, 9.17) is 14.5 Å². The number of nitrogens with one attached hydrogen (secondary N) is 1. The molecular weight excluding hydrogens is 642 g/mol. The van der Waals surface area contributed by atoms with E-state index in [9.17, 15) is 15.2 Å². The number of aliphatic hydroxyl groups is 1. The van der Waals surface area contributed by atoms with Gasteiger partial charge < -0.3 is 19.5 Å². The molecular formula is C33H36F2N8O4S. The molecule has 1 atom stereocenters. The Morgan fingerprint density at radius 2 is 1.94 bits per heavy atom. The van der Waals surface area contributed by atoms with Crippen molar-refractivity contribution < 1.29 is 28.2 Å². The second kappa shape index (κ2) is 12.8. The van der Waals surface area contributed by atoms with Crippen LogP contribution in [-0.2, 0) is 22.7 Å². The number of benzene rings is 1. The normalized spacial score (nSPS) is 18.9. The highest BCUT2D eigenvalue weighted by atomic mass is 32.1. The highest BCUT2D eigenvalue weighted by Gasteiger charge is 2.34. The average Bonchev–Trinajstić information content (AvgIpc) is 3.81. The van der Waals surface area contributed by atoms with Gasteiger partial charge in [-0.2, -0.15) is 5.26 Å². The van der Waals surface area contributed by atoms with Crippen molar-refractivity contribution in [2.24, 2.45) is 0 Å². The zero-order chi connectivity index (χ0) is 33.7. The Bertz CT molecular complexity index is 1950. The fourth-order valence-corrected chi connectivity index (χ4v) is 7.91. The van der Waals surface area contributed by atoms with Crippen LogP contribution in [0, 0.1) is 23.0 Å². The highest BCUT2D eigenvalue weighted by molar-refractivity contribution is 7.23. The molecule has 2 saturated heterocycles. The van der Waals surface area contributed by atoms with Gasteiger partial charge >= 0.3 is 6.09 Å². The number of β-amino-alcohol motifs (C(OH)–C–C–N with tert-alkyl or cyclic N) is 1. The van der Waals surface area contributed by atoms with Crippen molar-refractivity contribution in [2.45, 2.75) is 52.0 Å². The Kier molecular flexibility index (Phi) is 8.63. The fourth-order valence-electron chi connectivity index (χ4n) is 6.87. The van der Waals surface area contributed by atoms with E-state index in [1.165, 1.54) is 0 Å². The van der Waals surface area contributed by atoms with Gasteiger partial charge in [-0.3, -0.25) is 20.1 Å². The lowest BCUT2D eigenvalue weighted by Crippen LogP contribution is -2.51. The maximum Gasteiger partial charge on any atom is 0.412 e. The second-order valence-electron chi connectivity index (χ2n) is 13.3. The molecule has 48 heavy (non-hydrogen) atoms. The predicted octanol–water partition coefficient (Wildman–Crippen LogP) is 4.62. The van der Waals surface area contributed by atoms with Crippen LogP contribution in [0.25, 0.3) is 32.2 Å². The summed E-state index contributed by atoms with van der Waals surface area (Å²) in [5.74, 6) is -0.947. The number of nitrogens with zero attached hydrogens (tertiary/aromatic N) is 7. The Labute approximate surface area is 279 Å². The largest absolute Gasteiger partial charge is 0.444 e. The number of pyridine rings is 1. The minimum atomic E-state index is -0.802. The smallest absolute Gasteiger partial charge is 0.412 e. The summed E-state index contributed by atoms with van der Waals surface area (Å²) in [5, 5.41) is 22.7. The standard InChI is InChI=1S/C33H36F2N8O4S/c1-33(2,3)47-32(45)40-30-19(12-36)25-28(37-14-23(34)29(25)48-30)24-22-17-46-16-21(22)20-13-38-31(39-27(20)26(24)35)43-5-4-18(15-43)42-8-6-41(7-9-42)10-11-44/h13-14,18,44H,4-11,15-17H2,1-3H3,(H,40,45)/t18-/m1/s1. The van der Waals surface area contributed by atoms with Gasteiger partial charge in [-0.1, -0.05) is 0 Å². The Morgan fingerprint density at radius 1 is 1.17 bits per heavy atom. The van der Waals surface area contributed by atoms with Gasteiger partial charge in [0.15, 0.2) is 11.6 Å². The first-order valence-corrected chi connectivity index (χ1v) is 16.8. The average molecular weight is 679 g/mol. The van der Waals surface area contributed by atoms with E-state index in [0.717, 1.165) is 56.7 Å². The van der Waals surface area contributed by atoms with E-state index in [0.29, 0.717) is 41.6 Å². The van der Waals surface area contributed by atoms with E-state index >= 15 is 8.78 Å². The number of ether oxygens (including phenoxy) is 2. The van der Waals surface area contributed by atoms with Crippen LogP contribution < -0.4 is 10.2 Å². The molecule has 0 bridgehead atoms. The lowest BCUT2D eigenvalue weighted by Gasteiger charge is -2.37. The first-order valence-electron chi connectivity index (χ1n) is 16.0. The number of carbonyl (C=O) groups is 1. The molecule has 0 saturated carbocycles. The molecule has 4 aromatic rings. The van der Waals surface area contributed by atoms with Gasteiger partial charge in [-0.25, -0.2) is 23.5 Å². The number of hydrogen-bond donors (Lipinski definition) is 2. The third-order valence-corrected chi connectivity index (χ3v) is 10.2. The molecule has 3 aliphatic rings. The molecule has 15 heteroatoms. The molecule has 3 aromatic heterocycles. The van der Waals surface area contributed by atoms with Crippen molar-refractivity contribution in [1.82, 2.24) is 24.8 Å². The van der Waals surface area contributed by atoms with E-state index < -0.39 is 23.3 Å². The SMILES string of the molecule is CC(C)(C)OC(=O)Nc1sc2c(F)cnc(-c3c4c(c5cnc(N6CC[C@@H](N7CCN(CCO)CC7)C6)nc5c3F)COC4)c2c1C#N. The number of anilines is 2. The van der Waals surface area contributed by atoms with Crippen LogP contribution in [0.3, 0.4) is 0 Å². The summed E-state index contributed by atoms with van der Waals surface area (Å²) < 4.78 is 43.3. The molecule has 1 amide bonds. The van der Waals surface area contributed by atoms with Crippen molar-refractivity contribution in [3.05, 3.63) is 40.7 Å². The molecule has 7 rings (SSSR count). The molecule has 6 heterocycles. The van der Waals surface area contributed by atoms with Crippen LogP contribution >= 0.6 is 11.3 Å². The molecule has 12 nitrogen and oxygen atoms in total. The van der Waals surface area contributed by atoms with Gasteiger partial charge in [0.25, 0.3) is 0 Å². The molecule has 2 N–H and O–H groups in total. The first-order chi connectivity index (χ1) is 23.1. The van der Waals surface area contributed by atoms with E-state index in [-0.39, 0.29) is 57.2 Å². The van der Waals surface area contributed by atoms with Crippen LogP contribution in [0.5, 0.6) is 0 Å². The molecule has 3 aliphatic heterocycles. The topological polar surface area (TPSA) is 140 Å². The number of fused-ring (bicyclic) bond motifs is 4. The molecule has 2 fully saturated rings. The number of thiophene rings is 1. The van der Waals surface area contributed by atoms with Crippen molar-refractivity contribution in [1.29, 1.82) is 5.26 Å². The summed E-state index contributed by atoms with van der Waals surface area (Å²) in [6.07, 6.45) is 2.77. The van der Waals surface area contributed by atoms with Crippen molar-refractivity contribution in [2.75, 3.05) is 62.6 Å². The predicted molar refractivity (Wildman–Crippen MR) is 177 cm³/mol. The number of piperazine rings is 1. The van der Waals surface area contributed by atoms with E-state index in [1.54, 1.807) is 27.0 Å². The lowest BCUT2D eigenvalue weighted by atomic mass is 9.94. The Morgan fingerprint density at radius 3 is 2.67 bits per heavy atom. The van der Waals surface area contributed by atoms with Crippen LogP contribution in [0.4, 0.5) is 24.5 Å². The van der Waals surface area contributed by atoms with Gasteiger partial charge in [0.1, 0.15) is 22.2 Å². The van der Waals surface area contributed by atoms with E-state index in [2.05, 4.69) is 36.1 Å². The van der Waals surface area contributed by atoms with Gasteiger partial charge in [0.2, 0.25) is 5.95 Å². The number of amides is 1. The molecule has 0 spiro atoms. The number of nitriles is 1. The fraction of sp³-hybridized carbons (Fsp3) is 0.485.